The predicted molar refractivity (Wildman–Crippen MR) is 181 cm³/mol. The SMILES string of the molecule is Cc1c(-c2ccc(C3C(=C=O)C[C]4C3c3cnc([nH]3)C3CCCN43)cc2)ccc([C@H]2C(=C=O)C[C]3[C@H]2c2cnc([nH]2)C2CCCN32)c1C. The molecule has 4 aromatic rings. The fourth-order valence-corrected chi connectivity index (χ4v) is 10.4. The lowest BCUT2D eigenvalue weighted by molar-refractivity contribution is 0.245. The lowest BCUT2D eigenvalue weighted by Crippen LogP contribution is -2.30. The highest BCUT2D eigenvalue weighted by atomic mass is 16.1. The van der Waals surface area contributed by atoms with Crippen LogP contribution in [0.1, 0.15) is 120 Å². The maximum atomic E-state index is 12.5. The molecule has 2 aromatic heterocycles. The Morgan fingerprint density at radius 1 is 0.688 bits per heavy atom. The number of aromatic nitrogens is 4. The number of hydrogen-bond acceptors (Lipinski definition) is 6. The van der Waals surface area contributed by atoms with Crippen LogP contribution in [-0.2, 0) is 9.59 Å². The van der Waals surface area contributed by atoms with Crippen LogP contribution >= 0.6 is 0 Å². The molecule has 48 heavy (non-hydrogen) atoms. The van der Waals surface area contributed by atoms with Crippen molar-refractivity contribution in [3.8, 4) is 11.1 Å². The van der Waals surface area contributed by atoms with Gasteiger partial charge in [0, 0.05) is 71.4 Å². The van der Waals surface area contributed by atoms with Gasteiger partial charge >= 0.3 is 0 Å². The molecule has 0 amide bonds. The molecule has 8 nitrogen and oxygen atoms in total. The van der Waals surface area contributed by atoms with Crippen LogP contribution in [0.15, 0.2) is 59.9 Å². The van der Waals surface area contributed by atoms with E-state index in [4.69, 9.17) is 9.97 Å². The minimum atomic E-state index is -0.0561. The second-order valence-corrected chi connectivity index (χ2v) is 14.7. The number of H-pyrrole nitrogens is 2. The summed E-state index contributed by atoms with van der Waals surface area (Å²) >= 11 is 0. The Hall–Kier alpha value is -4.32. The van der Waals surface area contributed by atoms with E-state index < -0.39 is 0 Å². The highest BCUT2D eigenvalue weighted by Gasteiger charge is 2.53. The van der Waals surface area contributed by atoms with E-state index in [2.05, 4.69) is 81.9 Å². The van der Waals surface area contributed by atoms with Crippen molar-refractivity contribution in [1.82, 2.24) is 29.7 Å². The van der Waals surface area contributed by atoms with Crippen LogP contribution in [0.3, 0.4) is 0 Å². The highest BCUT2D eigenvalue weighted by molar-refractivity contribution is 5.72. The van der Waals surface area contributed by atoms with Crippen LogP contribution in [0, 0.1) is 25.9 Å². The smallest absolute Gasteiger partial charge is 0.124 e. The molecule has 2 aliphatic carbocycles. The van der Waals surface area contributed by atoms with Gasteiger partial charge in [0.2, 0.25) is 0 Å². The molecular weight excluding hydrogens is 596 g/mol. The number of carbonyl (C=O) groups excluding carboxylic acids is 2. The maximum absolute atomic E-state index is 12.5. The number of aromatic amines is 2. The summed E-state index contributed by atoms with van der Waals surface area (Å²) in [4.78, 5) is 46.7. The van der Waals surface area contributed by atoms with Gasteiger partial charge in [-0.3, -0.25) is 9.80 Å². The molecule has 4 unspecified atom stereocenters. The van der Waals surface area contributed by atoms with Crippen molar-refractivity contribution in [2.45, 2.75) is 88.1 Å². The van der Waals surface area contributed by atoms with Crippen LogP contribution in [0.4, 0.5) is 0 Å². The third kappa shape index (κ3) is 3.92. The molecule has 6 atom stereocenters. The normalized spacial score (nSPS) is 29.6. The summed E-state index contributed by atoms with van der Waals surface area (Å²) in [6.07, 6.45) is 9.81. The van der Waals surface area contributed by atoms with Crippen molar-refractivity contribution in [2.75, 3.05) is 13.1 Å². The number of fused-ring (bicyclic) bond motifs is 14. The van der Waals surface area contributed by atoms with Crippen molar-refractivity contribution < 1.29 is 9.59 Å². The van der Waals surface area contributed by atoms with Gasteiger partial charge < -0.3 is 9.97 Å². The predicted octanol–water partition coefficient (Wildman–Crippen LogP) is 6.84. The van der Waals surface area contributed by atoms with Gasteiger partial charge in [0.05, 0.1) is 24.2 Å². The van der Waals surface area contributed by atoms with Gasteiger partial charge in [-0.2, -0.15) is 0 Å². The van der Waals surface area contributed by atoms with Crippen LogP contribution in [0.25, 0.3) is 11.1 Å². The molecule has 2 saturated heterocycles. The average molecular weight is 635 g/mol. The van der Waals surface area contributed by atoms with Crippen LogP contribution in [0.2, 0.25) is 0 Å². The van der Waals surface area contributed by atoms with E-state index in [0.29, 0.717) is 12.8 Å². The van der Waals surface area contributed by atoms with Crippen molar-refractivity contribution in [3.05, 3.63) is 117 Å². The third-order valence-corrected chi connectivity index (χ3v) is 12.7. The van der Waals surface area contributed by atoms with Crippen molar-refractivity contribution in [3.63, 3.8) is 0 Å². The fourth-order valence-electron chi connectivity index (χ4n) is 10.4. The summed E-state index contributed by atoms with van der Waals surface area (Å²) < 4.78 is 0. The minimum Gasteiger partial charge on any atom is -0.344 e. The summed E-state index contributed by atoms with van der Waals surface area (Å²) in [6, 6.07) is 16.5. The van der Waals surface area contributed by atoms with Gasteiger partial charge in [0.25, 0.3) is 0 Å². The number of imidazole rings is 2. The quantitative estimate of drug-likeness (QED) is 0.240. The Kier molecular flexibility index (Phi) is 6.32. The molecule has 8 heteroatoms. The second-order valence-electron chi connectivity index (χ2n) is 14.7. The molecule has 2 aromatic carbocycles. The topological polar surface area (TPSA) is 98.0 Å². The standard InChI is InChI=1S/C40H38N6O2/c1-21-22(2)28(36-26(20-48)16-34-38(36)30-18-42-40(44-30)32-6-4-14-46(32)34)12-11-27(21)23-7-9-24(10-8-23)35-25(19-47)15-33-37(35)29-17-41-39(43-29)31-5-3-13-45(31)33/h7-12,17-18,31-32,35-38H,3-6,13-16H2,1-2H3,(H,41,43)(H,42,44)/t31?,32?,35?,36-,37?,38-/m1/s1. The van der Waals surface area contributed by atoms with E-state index >= 15 is 0 Å². The number of benzene rings is 2. The van der Waals surface area contributed by atoms with E-state index in [1.165, 1.54) is 34.3 Å². The van der Waals surface area contributed by atoms with E-state index in [9.17, 15) is 9.59 Å². The van der Waals surface area contributed by atoms with Crippen LogP contribution < -0.4 is 0 Å². The van der Waals surface area contributed by atoms with Gasteiger partial charge in [-0.05, 0) is 86.0 Å². The van der Waals surface area contributed by atoms with Gasteiger partial charge in [0.1, 0.15) is 23.5 Å². The van der Waals surface area contributed by atoms with Crippen LogP contribution in [0.5, 0.6) is 0 Å². The van der Waals surface area contributed by atoms with Crippen molar-refractivity contribution >= 4 is 11.9 Å². The molecule has 4 bridgehead atoms. The zero-order chi connectivity index (χ0) is 32.3. The summed E-state index contributed by atoms with van der Waals surface area (Å²) in [5, 5.41) is 0. The number of nitrogens with one attached hydrogen (secondary N) is 2. The van der Waals surface area contributed by atoms with E-state index in [-0.39, 0.29) is 35.8 Å². The number of hydrogen-bond donors (Lipinski definition) is 2. The van der Waals surface area contributed by atoms with E-state index in [1.54, 1.807) is 0 Å². The fraction of sp³-hybridized carbons (Fsp3) is 0.400. The molecule has 6 heterocycles. The number of rotatable bonds is 3. The largest absolute Gasteiger partial charge is 0.344 e. The van der Waals surface area contributed by atoms with Crippen molar-refractivity contribution in [1.29, 1.82) is 0 Å². The summed E-state index contributed by atoms with van der Waals surface area (Å²) in [5.41, 5.74) is 11.0. The minimum absolute atomic E-state index is 0.0523. The molecule has 6 aliphatic rings. The van der Waals surface area contributed by atoms with Gasteiger partial charge in [-0.25, -0.2) is 19.6 Å². The van der Waals surface area contributed by atoms with Crippen molar-refractivity contribution in [2.24, 2.45) is 0 Å². The molecule has 4 fully saturated rings. The summed E-state index contributed by atoms with van der Waals surface area (Å²) in [7, 11) is 0. The third-order valence-electron chi connectivity index (χ3n) is 12.7. The molecule has 2 N–H and O–H groups in total. The zero-order valence-corrected chi connectivity index (χ0v) is 27.3. The monoisotopic (exact) mass is 634 g/mol. The Labute approximate surface area is 280 Å². The molecule has 0 spiro atoms. The van der Waals surface area contributed by atoms with Gasteiger partial charge in [-0.1, -0.05) is 36.4 Å². The Morgan fingerprint density at radius 3 is 1.83 bits per heavy atom. The Balaban J connectivity index is 0.987. The highest BCUT2D eigenvalue weighted by Crippen LogP contribution is 2.60. The molecule has 240 valence electrons. The molecule has 2 saturated carbocycles. The van der Waals surface area contributed by atoms with E-state index in [1.807, 2.05) is 12.4 Å². The summed E-state index contributed by atoms with van der Waals surface area (Å²) in [5.74, 6) is 6.90. The van der Waals surface area contributed by atoms with Crippen LogP contribution in [-0.4, -0.2) is 54.7 Å². The first-order chi connectivity index (χ1) is 23.5. The Bertz CT molecular complexity index is 2060. The maximum Gasteiger partial charge on any atom is 0.124 e. The molecule has 4 aliphatic heterocycles. The van der Waals surface area contributed by atoms with Gasteiger partial charge in [0.15, 0.2) is 0 Å². The molecule has 10 rings (SSSR count). The zero-order valence-electron chi connectivity index (χ0n) is 27.3. The number of nitrogens with zero attached hydrogens (tertiary/aromatic N) is 4. The lowest BCUT2D eigenvalue weighted by Gasteiger charge is -2.32. The first kappa shape index (κ1) is 28.7. The van der Waals surface area contributed by atoms with E-state index in [0.717, 1.165) is 84.1 Å². The Morgan fingerprint density at radius 2 is 1.25 bits per heavy atom. The molecule has 2 radical (unpaired) electrons. The second kappa shape index (κ2) is 10.6. The first-order valence-electron chi connectivity index (χ1n) is 17.6. The average Bonchev–Trinajstić information content (AvgIpc) is 3.94. The van der Waals surface area contributed by atoms with Gasteiger partial charge in [-0.15, -0.1) is 0 Å². The first-order valence-corrected chi connectivity index (χ1v) is 17.6. The lowest BCUT2D eigenvalue weighted by atomic mass is 9.79. The summed E-state index contributed by atoms with van der Waals surface area (Å²) in [6.45, 7) is 6.43. The molecular formula is C40H38N6O2.